The van der Waals surface area contributed by atoms with Crippen molar-refractivity contribution in [2.45, 2.75) is 6.54 Å². The van der Waals surface area contributed by atoms with Gasteiger partial charge in [0.05, 0.1) is 21.1 Å². The predicted molar refractivity (Wildman–Crippen MR) is 95.7 cm³/mol. The van der Waals surface area contributed by atoms with Crippen LogP contribution in [0.3, 0.4) is 0 Å². The molecule has 1 aromatic carbocycles. The molecule has 0 saturated heterocycles. The van der Waals surface area contributed by atoms with Gasteiger partial charge in [-0.1, -0.05) is 30.3 Å². The summed E-state index contributed by atoms with van der Waals surface area (Å²) >= 11 is -6.58. The van der Waals surface area contributed by atoms with Crippen LogP contribution in [0.15, 0.2) is 30.3 Å². The summed E-state index contributed by atoms with van der Waals surface area (Å²) in [6.07, 6.45) is 0. The van der Waals surface area contributed by atoms with E-state index in [1.54, 1.807) is 0 Å². The zero-order valence-electron chi connectivity index (χ0n) is 11.4. The molecule has 6 nitrogen and oxygen atoms in total. The fraction of sp³-hybridized carbons (Fsp3) is 0.400. The summed E-state index contributed by atoms with van der Waals surface area (Å²) in [5, 5.41) is 0. The van der Waals surface area contributed by atoms with E-state index >= 15 is 0 Å². The number of rotatable bonds is 2. The second-order valence-corrected chi connectivity index (χ2v) is 9.47. The van der Waals surface area contributed by atoms with Gasteiger partial charge < -0.3 is 10.6 Å². The van der Waals surface area contributed by atoms with Gasteiger partial charge in [0.2, 0.25) is 0 Å². The van der Waals surface area contributed by atoms with E-state index < -0.39 is 37.3 Å². The van der Waals surface area contributed by atoms with Gasteiger partial charge in [0.25, 0.3) is 0 Å². The maximum absolute atomic E-state index is 8.89. The first-order valence-corrected chi connectivity index (χ1v) is 13.8. The summed E-state index contributed by atoms with van der Waals surface area (Å²) in [5.74, 6) is 0. The average molecular weight is 556 g/mol. The van der Waals surface area contributed by atoms with E-state index in [0.29, 0.717) is 0 Å². The number of nitrogens with zero attached hydrogens (tertiary/aromatic N) is 1. The van der Waals surface area contributed by atoms with Crippen LogP contribution in [0.1, 0.15) is 5.56 Å². The molecule has 1 rings (SSSR count). The smallest absolute Gasteiger partial charge is 0.344 e. The summed E-state index contributed by atoms with van der Waals surface area (Å²) in [4.78, 5) is 0. The van der Waals surface area contributed by atoms with Crippen molar-refractivity contribution in [2.24, 2.45) is 0 Å². The Hall–Kier alpha value is 0.380. The molecule has 0 saturated carbocycles. The first kappa shape index (κ1) is 25.3. The third-order valence-corrected chi connectivity index (χ3v) is 1.50. The van der Waals surface area contributed by atoms with E-state index in [0.717, 1.165) is 11.0 Å². The molecule has 20 heavy (non-hydrogen) atoms. The zero-order valence-corrected chi connectivity index (χ0v) is 17.2. The van der Waals surface area contributed by atoms with Gasteiger partial charge in [0, 0.05) is 23.4 Å². The zero-order chi connectivity index (χ0) is 15.5. The Kier molecular flexibility index (Phi) is 18.1. The summed E-state index contributed by atoms with van der Waals surface area (Å²) in [6, 6.07) is 10.6. The van der Waals surface area contributed by atoms with Crippen LogP contribution in [-0.2, 0) is 18.8 Å². The molecule has 0 radical (unpaired) electrons. The Balaban J connectivity index is -0.000000272. The fourth-order valence-electron chi connectivity index (χ4n) is 1.13. The minimum Gasteiger partial charge on any atom is -0.344 e. The lowest BCUT2D eigenvalue weighted by molar-refractivity contribution is -0.884. The molecule has 0 unspecified atom stereocenters. The van der Waals surface area contributed by atoms with Crippen molar-refractivity contribution in [1.29, 1.82) is 0 Å². The van der Waals surface area contributed by atoms with Crippen molar-refractivity contribution in [1.82, 2.24) is 6.15 Å². The van der Waals surface area contributed by atoms with E-state index in [-0.39, 0.29) is 6.15 Å². The highest BCUT2D eigenvalue weighted by molar-refractivity contribution is 14.2. The van der Waals surface area contributed by atoms with Gasteiger partial charge >= 0.3 is 37.3 Å². The lowest BCUT2D eigenvalue weighted by atomic mass is 10.2. The molecule has 0 amide bonds. The summed E-state index contributed by atoms with van der Waals surface area (Å²) in [6.45, 7) is 1.10. The minimum atomic E-state index is -3.29. The Labute approximate surface area is 140 Å². The van der Waals surface area contributed by atoms with Crippen LogP contribution >= 0.6 is 55.1 Å². The number of hydrogen-bond donors (Lipinski definition) is 1. The van der Waals surface area contributed by atoms with Crippen molar-refractivity contribution >= 4 is 55.1 Å². The molecule has 3 N–H and O–H groups in total. The molecular formula is C10H19Cl2I2N2O4+. The maximum atomic E-state index is 8.89. The fourth-order valence-corrected chi connectivity index (χ4v) is 1.13. The molecular weight excluding hydrogens is 537 g/mol. The number of benzene rings is 1. The van der Waals surface area contributed by atoms with Crippen molar-refractivity contribution in [3.8, 4) is 0 Å². The van der Waals surface area contributed by atoms with Gasteiger partial charge in [-0.2, -0.15) is 0 Å². The van der Waals surface area contributed by atoms with Crippen LogP contribution in [0.25, 0.3) is 0 Å². The average Bonchev–Trinajstić information content (AvgIpc) is 2.14. The lowest BCUT2D eigenvalue weighted by Gasteiger charge is -2.23. The number of quaternary nitrogens is 1. The Bertz CT molecular complexity index is 450. The first-order valence-electron chi connectivity index (χ1n) is 4.83. The number of halogens is 4. The Morgan fingerprint density at radius 1 is 0.900 bits per heavy atom. The van der Waals surface area contributed by atoms with Crippen LogP contribution in [0.4, 0.5) is 0 Å². The largest absolute Gasteiger partial charge is 0.409 e. The van der Waals surface area contributed by atoms with Gasteiger partial charge in [0.15, 0.2) is 0 Å². The second kappa shape index (κ2) is 14.3. The molecule has 0 aliphatic heterocycles. The lowest BCUT2D eigenvalue weighted by Crippen LogP contribution is -2.33. The highest BCUT2D eigenvalue weighted by Gasteiger charge is 2.06. The quantitative estimate of drug-likeness (QED) is 0.420. The molecule has 0 aromatic heterocycles. The number of hydrogen-bond acceptors (Lipinski definition) is 5. The van der Waals surface area contributed by atoms with Crippen LogP contribution < -0.4 is 6.15 Å². The van der Waals surface area contributed by atoms with Gasteiger partial charge in [-0.25, -0.2) is 12.3 Å². The highest BCUT2D eigenvalue weighted by atomic mass is 127. The summed E-state index contributed by atoms with van der Waals surface area (Å²) in [5.41, 5.74) is 1.40. The van der Waals surface area contributed by atoms with Gasteiger partial charge in [-0.05, 0) is 0 Å². The van der Waals surface area contributed by atoms with Crippen molar-refractivity contribution in [2.75, 3.05) is 21.1 Å². The molecule has 0 bridgehead atoms. The summed E-state index contributed by atoms with van der Waals surface area (Å²) in [7, 11) is 15.2. The van der Waals surface area contributed by atoms with E-state index in [4.69, 9.17) is 12.3 Å². The predicted octanol–water partition coefficient (Wildman–Crippen LogP) is 4.73. The van der Waals surface area contributed by atoms with E-state index in [1.807, 2.05) is 0 Å². The van der Waals surface area contributed by atoms with Crippen molar-refractivity contribution < 1.29 is 16.8 Å². The van der Waals surface area contributed by atoms with Crippen molar-refractivity contribution in [3.05, 3.63) is 35.9 Å². The topological polar surface area (TPSA) is 103 Å². The molecule has 1 aromatic rings. The first-order chi connectivity index (χ1) is 8.54. The third kappa shape index (κ3) is 31.0. The molecule has 0 fully saturated rings. The molecule has 0 aliphatic carbocycles. The van der Waals surface area contributed by atoms with E-state index in [1.165, 1.54) is 5.56 Å². The van der Waals surface area contributed by atoms with Crippen LogP contribution in [0.2, 0.25) is 0 Å². The minimum absolute atomic E-state index is 0. The molecule has 120 valence electrons. The highest BCUT2D eigenvalue weighted by Crippen LogP contribution is 2.07. The van der Waals surface area contributed by atoms with Gasteiger partial charge in [-0.3, -0.25) is 0 Å². The molecule has 0 heterocycles. The van der Waals surface area contributed by atoms with Crippen LogP contribution in [-0.4, -0.2) is 25.6 Å². The normalized spacial score (nSPS) is 9.75. The standard InChI is InChI=1S/C10H16N.2ClIO2.H3N/c1-11(2,3)9-10-7-5-4-6-8-10;2*1-2(3)4;/h4-8H,9H2,1-3H3;;;1H3/q+1;;;. The SMILES string of the molecule is C[N+](C)(C)Cc1ccccc1.N.O=I(=O)Cl.O=I(=O)Cl. The van der Waals surface area contributed by atoms with Crippen LogP contribution in [0.5, 0.6) is 0 Å². The van der Waals surface area contributed by atoms with Crippen molar-refractivity contribution in [3.63, 3.8) is 0 Å². The Morgan fingerprint density at radius 2 is 1.20 bits per heavy atom. The van der Waals surface area contributed by atoms with Gasteiger partial charge in [0.1, 0.15) is 6.54 Å². The molecule has 0 aliphatic rings. The van der Waals surface area contributed by atoms with E-state index in [2.05, 4.69) is 69.3 Å². The van der Waals surface area contributed by atoms with E-state index in [9.17, 15) is 0 Å². The molecule has 0 spiro atoms. The maximum Gasteiger partial charge on any atom is 0.409 e. The van der Waals surface area contributed by atoms with Gasteiger partial charge in [-0.15, -0.1) is 0 Å². The monoisotopic (exact) mass is 555 g/mol. The Morgan fingerprint density at radius 3 is 1.45 bits per heavy atom. The third-order valence-electron chi connectivity index (χ3n) is 1.50. The second-order valence-electron chi connectivity index (χ2n) is 4.29. The summed E-state index contributed by atoms with van der Waals surface area (Å²) < 4.78 is 36.6. The molecule has 0 atom stereocenters. The van der Waals surface area contributed by atoms with Crippen LogP contribution in [0, 0.1) is 0 Å². The molecule has 10 heteroatoms.